The summed E-state index contributed by atoms with van der Waals surface area (Å²) >= 11 is 0. The molecule has 0 atom stereocenters. The van der Waals surface area contributed by atoms with Crippen LogP contribution in [-0.4, -0.2) is 43.1 Å². The Morgan fingerprint density at radius 1 is 1.29 bits per heavy atom. The summed E-state index contributed by atoms with van der Waals surface area (Å²) < 4.78 is 0. The van der Waals surface area contributed by atoms with Gasteiger partial charge in [0.25, 0.3) is 0 Å². The van der Waals surface area contributed by atoms with E-state index in [9.17, 15) is 0 Å². The summed E-state index contributed by atoms with van der Waals surface area (Å²) in [6.07, 6.45) is 7.32. The van der Waals surface area contributed by atoms with Gasteiger partial charge in [0.05, 0.1) is 0 Å². The number of aryl methyl sites for hydroxylation is 2. The van der Waals surface area contributed by atoms with E-state index in [1.807, 2.05) is 0 Å². The molecule has 0 aromatic carbocycles. The summed E-state index contributed by atoms with van der Waals surface area (Å²) in [7, 11) is 4.41. The number of nitrogens with zero attached hydrogens (tertiary/aromatic N) is 3. The van der Waals surface area contributed by atoms with Crippen molar-refractivity contribution < 1.29 is 0 Å². The molecule has 21 heavy (non-hydrogen) atoms. The lowest BCUT2D eigenvalue weighted by atomic mass is 9.94. The predicted octanol–water partition coefficient (Wildman–Crippen LogP) is 1.95. The first-order valence-corrected chi connectivity index (χ1v) is 8.32. The molecule has 0 saturated carbocycles. The molecule has 0 unspecified atom stereocenters. The summed E-state index contributed by atoms with van der Waals surface area (Å²) in [4.78, 5) is 9.81. The van der Waals surface area contributed by atoms with E-state index in [4.69, 9.17) is 10.7 Å². The fourth-order valence-corrected chi connectivity index (χ4v) is 3.68. The monoisotopic (exact) mass is 288 g/mol. The molecule has 2 heterocycles. The molecule has 1 aromatic rings. The molecule has 1 aliphatic heterocycles. The van der Waals surface area contributed by atoms with Gasteiger partial charge >= 0.3 is 0 Å². The molecule has 4 nitrogen and oxygen atoms in total. The molecule has 1 saturated heterocycles. The number of nitrogens with two attached hydrogens (primary N) is 1. The predicted molar refractivity (Wildman–Crippen MR) is 87.7 cm³/mol. The Kier molecular flexibility index (Phi) is 4.45. The van der Waals surface area contributed by atoms with Crippen LogP contribution in [0.4, 0.5) is 5.82 Å². The maximum Gasteiger partial charge on any atom is 0.133 e. The van der Waals surface area contributed by atoms with Gasteiger partial charge in [0.1, 0.15) is 5.82 Å². The molecule has 2 aliphatic rings. The Balaban J connectivity index is 1.86. The van der Waals surface area contributed by atoms with Crippen molar-refractivity contribution in [3.8, 4) is 0 Å². The van der Waals surface area contributed by atoms with Gasteiger partial charge < -0.3 is 15.5 Å². The first kappa shape index (κ1) is 14.8. The highest BCUT2D eigenvalue weighted by Gasteiger charge is 2.24. The second kappa shape index (κ2) is 6.32. The third kappa shape index (κ3) is 3.06. The molecule has 0 radical (unpaired) electrons. The summed E-state index contributed by atoms with van der Waals surface area (Å²) in [6.45, 7) is 2.95. The Hall–Kier alpha value is -1.13. The zero-order valence-corrected chi connectivity index (χ0v) is 13.4. The van der Waals surface area contributed by atoms with E-state index in [0.29, 0.717) is 12.6 Å². The Morgan fingerprint density at radius 2 is 2.00 bits per heavy atom. The van der Waals surface area contributed by atoms with Crippen LogP contribution in [0.3, 0.4) is 0 Å². The maximum atomic E-state index is 6.00. The summed E-state index contributed by atoms with van der Waals surface area (Å²) in [5, 5.41) is 0. The number of hydrogen-bond donors (Lipinski definition) is 1. The van der Waals surface area contributed by atoms with Crippen molar-refractivity contribution in [2.24, 2.45) is 5.73 Å². The molecule has 3 rings (SSSR count). The highest BCUT2D eigenvalue weighted by atomic mass is 15.2. The van der Waals surface area contributed by atoms with Crippen LogP contribution in [0.1, 0.15) is 42.5 Å². The van der Waals surface area contributed by atoms with Crippen LogP contribution in [0.25, 0.3) is 0 Å². The third-order valence-corrected chi connectivity index (χ3v) is 5.15. The van der Waals surface area contributed by atoms with Crippen LogP contribution in [0.15, 0.2) is 6.07 Å². The first-order chi connectivity index (χ1) is 10.2. The Bertz CT molecular complexity index is 492. The Morgan fingerprint density at radius 3 is 2.71 bits per heavy atom. The first-order valence-electron chi connectivity index (χ1n) is 8.32. The average molecular weight is 288 g/mol. The van der Waals surface area contributed by atoms with Crippen LogP contribution in [0.2, 0.25) is 0 Å². The molecule has 1 fully saturated rings. The van der Waals surface area contributed by atoms with Crippen molar-refractivity contribution >= 4 is 5.82 Å². The van der Waals surface area contributed by atoms with Gasteiger partial charge in [-0.25, -0.2) is 4.98 Å². The van der Waals surface area contributed by atoms with E-state index in [2.05, 4.69) is 30.0 Å². The van der Waals surface area contributed by atoms with E-state index >= 15 is 0 Å². The minimum absolute atomic E-state index is 0.590. The van der Waals surface area contributed by atoms with Crippen molar-refractivity contribution in [2.45, 2.75) is 51.1 Å². The number of likely N-dealkylation sites (tertiary alicyclic amines) is 1. The molecule has 4 heteroatoms. The fourth-order valence-electron chi connectivity index (χ4n) is 3.68. The van der Waals surface area contributed by atoms with Crippen LogP contribution in [-0.2, 0) is 19.4 Å². The fraction of sp³-hybridized carbons (Fsp3) is 0.706. The highest BCUT2D eigenvalue weighted by Crippen LogP contribution is 2.28. The van der Waals surface area contributed by atoms with Gasteiger partial charge in [-0.2, -0.15) is 0 Å². The molecular weight excluding hydrogens is 260 g/mol. The molecule has 0 amide bonds. The van der Waals surface area contributed by atoms with Gasteiger partial charge in [-0.1, -0.05) is 0 Å². The lowest BCUT2D eigenvalue weighted by molar-refractivity contribution is 0.252. The van der Waals surface area contributed by atoms with E-state index in [1.54, 1.807) is 0 Å². The molecule has 116 valence electrons. The topological polar surface area (TPSA) is 45.4 Å². The van der Waals surface area contributed by atoms with Crippen molar-refractivity contribution in [1.82, 2.24) is 9.88 Å². The van der Waals surface area contributed by atoms with E-state index in [0.717, 1.165) is 12.2 Å². The third-order valence-electron chi connectivity index (χ3n) is 5.15. The summed E-state index contributed by atoms with van der Waals surface area (Å²) in [6, 6.07) is 2.92. The lowest BCUT2D eigenvalue weighted by Crippen LogP contribution is -2.42. The Labute approximate surface area is 128 Å². The van der Waals surface area contributed by atoms with E-state index < -0.39 is 0 Å². The van der Waals surface area contributed by atoms with Gasteiger partial charge in [0, 0.05) is 30.9 Å². The highest BCUT2D eigenvalue weighted by molar-refractivity contribution is 5.51. The number of pyridine rings is 1. The molecule has 2 N–H and O–H groups in total. The summed E-state index contributed by atoms with van der Waals surface area (Å²) in [5.74, 6) is 1.13. The number of rotatable bonds is 3. The van der Waals surface area contributed by atoms with E-state index in [-0.39, 0.29) is 0 Å². The molecule has 1 aromatic heterocycles. The zero-order chi connectivity index (χ0) is 14.8. The number of fused-ring (bicyclic) bond motifs is 1. The number of anilines is 1. The largest absolute Gasteiger partial charge is 0.356 e. The quantitative estimate of drug-likeness (QED) is 0.923. The maximum absolute atomic E-state index is 6.00. The zero-order valence-electron chi connectivity index (χ0n) is 13.4. The van der Waals surface area contributed by atoms with Crippen molar-refractivity contribution in [1.29, 1.82) is 0 Å². The molecule has 0 bridgehead atoms. The normalized spacial score (nSPS) is 20.3. The number of piperidine rings is 1. The van der Waals surface area contributed by atoms with Crippen LogP contribution in [0, 0.1) is 0 Å². The van der Waals surface area contributed by atoms with Crippen molar-refractivity contribution in [3.05, 3.63) is 22.9 Å². The van der Waals surface area contributed by atoms with Gasteiger partial charge in [0.2, 0.25) is 0 Å². The smallest absolute Gasteiger partial charge is 0.133 e. The van der Waals surface area contributed by atoms with Crippen molar-refractivity contribution in [2.75, 3.05) is 32.1 Å². The SMILES string of the molecule is CN1CCC(N(C)c2nc3c(cc2CN)CCCC3)CC1. The van der Waals surface area contributed by atoms with Crippen molar-refractivity contribution in [3.63, 3.8) is 0 Å². The molecular formula is C17H28N4. The van der Waals surface area contributed by atoms with Crippen LogP contribution in [0.5, 0.6) is 0 Å². The average Bonchev–Trinajstić information content (AvgIpc) is 2.53. The summed E-state index contributed by atoms with van der Waals surface area (Å²) in [5.41, 5.74) is 9.96. The minimum Gasteiger partial charge on any atom is -0.356 e. The van der Waals surface area contributed by atoms with Crippen LogP contribution >= 0.6 is 0 Å². The number of hydrogen-bond acceptors (Lipinski definition) is 4. The standard InChI is InChI=1S/C17H28N4/c1-20-9-7-15(8-10-20)21(2)17-14(12-18)11-13-5-3-4-6-16(13)19-17/h11,15H,3-10,12,18H2,1-2H3. The second-order valence-electron chi connectivity index (χ2n) is 6.63. The molecule has 1 aliphatic carbocycles. The van der Waals surface area contributed by atoms with Gasteiger partial charge in [0.15, 0.2) is 0 Å². The number of aromatic nitrogens is 1. The van der Waals surface area contributed by atoms with Gasteiger partial charge in [-0.3, -0.25) is 0 Å². The molecule has 0 spiro atoms. The van der Waals surface area contributed by atoms with Gasteiger partial charge in [-0.15, -0.1) is 0 Å². The van der Waals surface area contributed by atoms with E-state index in [1.165, 1.54) is 62.0 Å². The minimum atomic E-state index is 0.590. The lowest BCUT2D eigenvalue weighted by Gasteiger charge is -2.37. The van der Waals surface area contributed by atoms with Crippen LogP contribution < -0.4 is 10.6 Å². The van der Waals surface area contributed by atoms with Gasteiger partial charge in [-0.05, 0) is 70.3 Å². The second-order valence-corrected chi connectivity index (χ2v) is 6.63.